The fourth-order valence-electron chi connectivity index (χ4n) is 7.11. The summed E-state index contributed by atoms with van der Waals surface area (Å²) in [5.74, 6) is 1.71. The largest absolute Gasteiger partial charge is 0.333 e. The van der Waals surface area contributed by atoms with Crippen LogP contribution in [0.1, 0.15) is 70.0 Å². The number of aryl methyl sites for hydroxylation is 2. The number of thiophene rings is 1. The second-order valence-electron chi connectivity index (χ2n) is 14.1. The molecule has 0 unspecified atom stereocenters. The third-order valence-electron chi connectivity index (χ3n) is 9.82. The van der Waals surface area contributed by atoms with Gasteiger partial charge in [0.1, 0.15) is 0 Å². The minimum atomic E-state index is -2.18. The average Bonchev–Trinajstić information content (AvgIpc) is 3.84. The number of para-hydroxylation sites is 3. The molecule has 9 aromatic rings. The quantitative estimate of drug-likeness (QED) is 0.156. The smallest absolute Gasteiger partial charge is 0.0774 e. The molecule has 0 saturated heterocycles. The number of pyridine rings is 1. The van der Waals surface area contributed by atoms with Crippen molar-refractivity contribution in [1.82, 2.24) is 14.5 Å². The predicted octanol–water partition coefficient (Wildman–Crippen LogP) is 13.9. The molecule has 6 aromatic carbocycles. The van der Waals surface area contributed by atoms with Crippen molar-refractivity contribution in [2.24, 2.45) is 0 Å². The molecule has 3 nitrogen and oxygen atoms in total. The van der Waals surface area contributed by atoms with Crippen molar-refractivity contribution in [1.29, 1.82) is 0 Å². The second kappa shape index (κ2) is 16.3. The van der Waals surface area contributed by atoms with Crippen LogP contribution >= 0.6 is 11.3 Å². The number of nitrogens with zero attached hydrogens (tertiary/aromatic N) is 3. The van der Waals surface area contributed by atoms with Crippen LogP contribution in [0.5, 0.6) is 0 Å². The molecule has 3 aromatic heterocycles. The van der Waals surface area contributed by atoms with Crippen molar-refractivity contribution in [2.45, 2.75) is 53.2 Å². The normalized spacial score (nSPS) is 13.3. The summed E-state index contributed by atoms with van der Waals surface area (Å²) in [6.45, 7) is 4.79. The summed E-state index contributed by atoms with van der Waals surface area (Å²) in [7, 11) is 0. The van der Waals surface area contributed by atoms with Gasteiger partial charge < -0.3 is 9.55 Å². The van der Waals surface area contributed by atoms with Crippen LogP contribution in [0, 0.1) is 25.2 Å². The van der Waals surface area contributed by atoms with Crippen LogP contribution in [0.3, 0.4) is 0 Å². The second-order valence-corrected chi connectivity index (χ2v) is 14.9. The fraction of sp³-hybridized carbons (Fsp3) is 0.160. The van der Waals surface area contributed by atoms with E-state index in [1.807, 2.05) is 0 Å². The SMILES string of the molecule is CC(C)c1cccc(C(C)C)c1-n1c(-c2[c-]sc3ccc(-c4cccc5ccccc45)cc23)nc2ccccc21.[2H]C([2H])([2H])c1c[c-]c(-c2ccc(C([2H])([2H])[2H])cn2)cc1.[Ir]. The summed E-state index contributed by atoms with van der Waals surface area (Å²) in [4.78, 5) is 9.35. The molecule has 9 rings (SSSR count). The average molecular weight is 916 g/mol. The van der Waals surface area contributed by atoms with Crippen molar-refractivity contribution in [2.75, 3.05) is 0 Å². The van der Waals surface area contributed by atoms with Gasteiger partial charge in [0, 0.05) is 40.2 Å². The molecule has 0 saturated carbocycles. The zero-order valence-electron chi connectivity index (χ0n) is 37.0. The van der Waals surface area contributed by atoms with E-state index in [4.69, 9.17) is 13.2 Å². The fourth-order valence-corrected chi connectivity index (χ4v) is 7.93. The monoisotopic (exact) mass is 916 g/mol. The summed E-state index contributed by atoms with van der Waals surface area (Å²) in [5, 5.41) is 7.39. The maximum Gasteiger partial charge on any atom is 0.0774 e. The van der Waals surface area contributed by atoms with Crippen LogP contribution in [0.15, 0.2) is 140 Å². The first-order valence-electron chi connectivity index (χ1n) is 21.2. The molecule has 0 N–H and O–H groups in total. The number of fused-ring (bicyclic) bond motifs is 3. The predicted molar refractivity (Wildman–Crippen MR) is 230 cm³/mol. The molecule has 0 atom stereocenters. The molecule has 0 fully saturated rings. The van der Waals surface area contributed by atoms with E-state index in [0.29, 0.717) is 23.1 Å². The van der Waals surface area contributed by atoms with Crippen molar-refractivity contribution < 1.29 is 28.3 Å². The zero-order valence-corrected chi connectivity index (χ0v) is 34.2. The van der Waals surface area contributed by atoms with Crippen molar-refractivity contribution in [3.05, 3.63) is 173 Å². The number of imidazole rings is 1. The van der Waals surface area contributed by atoms with Crippen LogP contribution in [0.25, 0.3) is 71.4 Å². The van der Waals surface area contributed by atoms with E-state index in [-0.39, 0.29) is 31.2 Å². The Kier molecular flexibility index (Phi) is 9.19. The van der Waals surface area contributed by atoms with Gasteiger partial charge in [0.2, 0.25) is 0 Å². The zero-order chi connectivity index (χ0) is 42.3. The third-order valence-corrected chi connectivity index (χ3v) is 10.7. The Bertz CT molecular complexity index is 2880. The Morgan fingerprint density at radius 2 is 1.44 bits per heavy atom. The van der Waals surface area contributed by atoms with Gasteiger partial charge in [-0.3, -0.25) is 16.3 Å². The molecule has 0 aliphatic carbocycles. The van der Waals surface area contributed by atoms with E-state index >= 15 is 0 Å². The van der Waals surface area contributed by atoms with Gasteiger partial charge in [-0.1, -0.05) is 153 Å². The summed E-state index contributed by atoms with van der Waals surface area (Å²) < 4.78 is 47.3. The van der Waals surface area contributed by atoms with Crippen molar-refractivity contribution in [3.63, 3.8) is 0 Å². The van der Waals surface area contributed by atoms with Gasteiger partial charge in [-0.2, -0.15) is 0 Å². The first kappa shape index (κ1) is 31.1. The van der Waals surface area contributed by atoms with E-state index in [1.54, 1.807) is 23.5 Å². The Morgan fingerprint density at radius 1 is 0.709 bits per heavy atom. The van der Waals surface area contributed by atoms with Crippen LogP contribution < -0.4 is 0 Å². The van der Waals surface area contributed by atoms with Gasteiger partial charge in [0.05, 0.1) is 16.9 Å². The van der Waals surface area contributed by atoms with E-state index in [2.05, 4.69) is 152 Å². The van der Waals surface area contributed by atoms with Gasteiger partial charge in [-0.05, 0) is 75.1 Å². The van der Waals surface area contributed by atoms with Gasteiger partial charge >= 0.3 is 0 Å². The molecule has 1 radical (unpaired) electrons. The maximum atomic E-state index is 7.28. The number of aromatic nitrogens is 3. The van der Waals surface area contributed by atoms with Crippen LogP contribution in [0.2, 0.25) is 0 Å². The molecular formula is C50H43IrN3S-2. The van der Waals surface area contributed by atoms with Crippen LogP contribution in [0.4, 0.5) is 0 Å². The third kappa shape index (κ3) is 7.58. The standard InChI is InChI=1S/C37H31N2S.C13H12N.Ir/c1-23(2)27-14-10-15-28(24(3)4)36(27)39-34-18-8-7-17-33(34)38-37(39)32-22-40-35-20-19-26(21-31(32)35)30-16-9-12-25-11-5-6-13-29(25)30;1-10-3-6-12(7-4-10)13-8-5-11(2)9-14-13;/h5-21,23-24H,1-4H3;3-6,8-9H,1-2H3;/q2*-1;/i;1D3,2D3;. The first-order chi connectivity index (χ1) is 28.7. The van der Waals surface area contributed by atoms with Crippen molar-refractivity contribution >= 4 is 43.2 Å². The Morgan fingerprint density at radius 3 is 2.16 bits per heavy atom. The molecule has 3 heterocycles. The van der Waals surface area contributed by atoms with E-state index < -0.39 is 13.7 Å². The van der Waals surface area contributed by atoms with Gasteiger partial charge in [-0.25, -0.2) is 0 Å². The Balaban J connectivity index is 0.000000226. The van der Waals surface area contributed by atoms with Crippen LogP contribution in [-0.4, -0.2) is 14.5 Å². The molecular weight excluding hydrogens is 867 g/mol. The molecule has 5 heteroatoms. The van der Waals surface area contributed by atoms with E-state index in [1.165, 1.54) is 73.2 Å². The number of rotatable bonds is 6. The van der Waals surface area contributed by atoms with Gasteiger partial charge in [-0.15, -0.1) is 40.8 Å². The van der Waals surface area contributed by atoms with E-state index in [9.17, 15) is 0 Å². The van der Waals surface area contributed by atoms with Gasteiger partial charge in [0.15, 0.2) is 0 Å². The molecule has 0 spiro atoms. The minimum absolute atomic E-state index is 0. The van der Waals surface area contributed by atoms with Crippen molar-refractivity contribution in [3.8, 4) is 39.5 Å². The van der Waals surface area contributed by atoms with Crippen LogP contribution in [-0.2, 0) is 20.1 Å². The molecule has 0 aliphatic rings. The number of hydrogen-bond donors (Lipinski definition) is 0. The topological polar surface area (TPSA) is 30.7 Å². The number of hydrogen-bond acceptors (Lipinski definition) is 3. The Hall–Kier alpha value is -5.19. The molecule has 0 amide bonds. The maximum absolute atomic E-state index is 7.28. The Labute approximate surface area is 350 Å². The summed E-state index contributed by atoms with van der Waals surface area (Å²) in [6, 6.07) is 47.7. The molecule has 275 valence electrons. The number of benzene rings is 6. The summed E-state index contributed by atoms with van der Waals surface area (Å²) in [6.07, 6.45) is 1.30. The van der Waals surface area contributed by atoms with Gasteiger partial charge in [0.25, 0.3) is 0 Å². The molecule has 0 aliphatic heterocycles. The summed E-state index contributed by atoms with van der Waals surface area (Å²) in [5.41, 5.74) is 11.1. The van der Waals surface area contributed by atoms with E-state index in [0.717, 1.165) is 22.4 Å². The molecule has 55 heavy (non-hydrogen) atoms. The minimum Gasteiger partial charge on any atom is -0.333 e. The summed E-state index contributed by atoms with van der Waals surface area (Å²) >= 11 is 1.67. The molecule has 0 bridgehead atoms. The first-order valence-corrected chi connectivity index (χ1v) is 19.0.